The molecule has 0 N–H and O–H groups in total. The third-order valence-electron chi connectivity index (χ3n) is 5.61. The van der Waals surface area contributed by atoms with Gasteiger partial charge in [0.15, 0.2) is 0 Å². The molecule has 0 atom stereocenters. The molecule has 1 aliphatic rings. The Hall–Kier alpha value is -3.58. The fraction of sp³-hybridized carbons (Fsp3) is 0.160. The molecule has 3 aromatic carbocycles. The van der Waals surface area contributed by atoms with Crippen LogP contribution in [0.2, 0.25) is 0 Å². The number of thiazole rings is 1. The third kappa shape index (κ3) is 5.42. The highest BCUT2D eigenvalue weighted by molar-refractivity contribution is 7.89. The zero-order valence-electron chi connectivity index (χ0n) is 19.3. The number of hydrazone groups is 1. The number of nitrogens with zero attached hydrogens (tertiary/aromatic N) is 4. The van der Waals surface area contributed by atoms with Crippen LogP contribution in [-0.4, -0.2) is 56.1 Å². The minimum absolute atomic E-state index is 0.0581. The van der Waals surface area contributed by atoms with Gasteiger partial charge in [-0.15, -0.1) is 0 Å². The van der Waals surface area contributed by atoms with Crippen molar-refractivity contribution in [3.05, 3.63) is 89.5 Å². The van der Waals surface area contributed by atoms with Crippen molar-refractivity contribution in [2.75, 3.05) is 31.3 Å². The first-order valence-electron chi connectivity index (χ1n) is 11.2. The van der Waals surface area contributed by atoms with E-state index in [1.54, 1.807) is 0 Å². The van der Waals surface area contributed by atoms with Crippen molar-refractivity contribution in [3.8, 4) is 0 Å². The lowest BCUT2D eigenvalue weighted by atomic mass is 10.2. The topological polar surface area (TPSA) is 92.2 Å². The maximum atomic E-state index is 13.7. The normalized spacial score (nSPS) is 14.9. The number of benzene rings is 3. The molecule has 12 heteroatoms. The Balaban J connectivity index is 1.47. The van der Waals surface area contributed by atoms with Crippen molar-refractivity contribution in [1.29, 1.82) is 0 Å². The number of carbonyl (C=O) groups excluding carboxylic acids is 1. The molecule has 1 saturated heterocycles. The van der Waals surface area contributed by atoms with Gasteiger partial charge in [-0.25, -0.2) is 22.2 Å². The number of anilines is 1. The maximum absolute atomic E-state index is 13.7. The number of halogens is 2. The summed E-state index contributed by atoms with van der Waals surface area (Å²) in [7, 11) is -3.73. The predicted molar refractivity (Wildman–Crippen MR) is 136 cm³/mol. The van der Waals surface area contributed by atoms with E-state index in [2.05, 4.69) is 10.1 Å². The summed E-state index contributed by atoms with van der Waals surface area (Å²) >= 11 is 1.07. The number of hydrogen-bond donors (Lipinski definition) is 0. The average Bonchev–Trinajstić information content (AvgIpc) is 3.33. The molecule has 0 saturated carbocycles. The number of carbonyl (C=O) groups is 1. The Kier molecular flexibility index (Phi) is 7.07. The minimum Gasteiger partial charge on any atom is -0.379 e. The van der Waals surface area contributed by atoms with Crippen LogP contribution in [0.4, 0.5) is 13.9 Å². The van der Waals surface area contributed by atoms with Crippen LogP contribution < -0.4 is 5.01 Å². The number of amides is 1. The van der Waals surface area contributed by atoms with E-state index in [1.807, 2.05) is 0 Å². The fourth-order valence-electron chi connectivity index (χ4n) is 3.67. The largest absolute Gasteiger partial charge is 0.379 e. The first-order valence-corrected chi connectivity index (χ1v) is 13.4. The zero-order valence-corrected chi connectivity index (χ0v) is 20.9. The van der Waals surface area contributed by atoms with E-state index in [0.29, 0.717) is 29.0 Å². The second-order valence-electron chi connectivity index (χ2n) is 8.06. The molecule has 190 valence electrons. The lowest BCUT2D eigenvalue weighted by Crippen LogP contribution is -2.40. The molecule has 8 nitrogen and oxygen atoms in total. The highest BCUT2D eigenvalue weighted by Gasteiger charge is 2.27. The van der Waals surface area contributed by atoms with Gasteiger partial charge in [-0.3, -0.25) is 4.79 Å². The summed E-state index contributed by atoms with van der Waals surface area (Å²) in [4.78, 5) is 18.0. The summed E-state index contributed by atoms with van der Waals surface area (Å²) < 4.78 is 59.9. The van der Waals surface area contributed by atoms with Crippen molar-refractivity contribution in [2.24, 2.45) is 5.10 Å². The number of rotatable bonds is 6. The highest BCUT2D eigenvalue weighted by Crippen LogP contribution is 2.31. The van der Waals surface area contributed by atoms with Gasteiger partial charge in [-0.1, -0.05) is 23.5 Å². The summed E-state index contributed by atoms with van der Waals surface area (Å²) in [5.41, 5.74) is 1.20. The lowest BCUT2D eigenvalue weighted by Gasteiger charge is -2.26. The molecule has 4 aromatic rings. The molecule has 5 rings (SSSR count). The smallest absolute Gasteiger partial charge is 0.280 e. The van der Waals surface area contributed by atoms with Gasteiger partial charge < -0.3 is 4.74 Å². The Morgan fingerprint density at radius 2 is 1.68 bits per heavy atom. The number of hydrogen-bond acceptors (Lipinski definition) is 7. The van der Waals surface area contributed by atoms with Gasteiger partial charge in [0.25, 0.3) is 5.91 Å². The van der Waals surface area contributed by atoms with E-state index in [4.69, 9.17) is 4.74 Å². The van der Waals surface area contributed by atoms with Gasteiger partial charge in [-0.05, 0) is 60.2 Å². The molecule has 1 fully saturated rings. The van der Waals surface area contributed by atoms with Crippen molar-refractivity contribution in [3.63, 3.8) is 0 Å². The Labute approximate surface area is 215 Å². The number of fused-ring (bicyclic) bond motifs is 1. The van der Waals surface area contributed by atoms with Crippen LogP contribution in [0.5, 0.6) is 0 Å². The average molecular weight is 543 g/mol. The van der Waals surface area contributed by atoms with E-state index < -0.39 is 27.6 Å². The van der Waals surface area contributed by atoms with Crippen molar-refractivity contribution >= 4 is 48.8 Å². The Morgan fingerprint density at radius 3 is 2.38 bits per heavy atom. The van der Waals surface area contributed by atoms with Crippen molar-refractivity contribution in [1.82, 2.24) is 9.29 Å². The van der Waals surface area contributed by atoms with E-state index in [-0.39, 0.29) is 28.7 Å². The fourth-order valence-corrected chi connectivity index (χ4v) is 6.02. The van der Waals surface area contributed by atoms with E-state index in [0.717, 1.165) is 16.3 Å². The van der Waals surface area contributed by atoms with Crippen LogP contribution in [-0.2, 0) is 14.8 Å². The molecule has 1 aromatic heterocycles. The third-order valence-corrected chi connectivity index (χ3v) is 8.52. The second kappa shape index (κ2) is 10.4. The van der Waals surface area contributed by atoms with Crippen molar-refractivity contribution in [2.45, 2.75) is 4.90 Å². The van der Waals surface area contributed by atoms with Gasteiger partial charge in [0.1, 0.15) is 11.6 Å². The molecule has 0 unspecified atom stereocenters. The van der Waals surface area contributed by atoms with Crippen LogP contribution in [0.15, 0.2) is 76.7 Å². The molecule has 1 aliphatic heterocycles. The maximum Gasteiger partial charge on any atom is 0.280 e. The summed E-state index contributed by atoms with van der Waals surface area (Å²) in [6.45, 7) is 1.16. The molecule has 0 radical (unpaired) electrons. The summed E-state index contributed by atoms with van der Waals surface area (Å²) in [6.07, 6.45) is 1.38. The standard InChI is InChI=1S/C25H20F2N4O4S2/c26-19-5-1-17(2-6-19)16-28-31(25-29-22-10-7-20(27)15-23(22)36-25)24(32)18-3-8-21(9-4-18)37(33,34)30-11-13-35-14-12-30/h1-10,15-16H,11-14H2/b28-16+. The summed E-state index contributed by atoms with van der Waals surface area (Å²) in [5.74, 6) is -1.42. The number of ether oxygens (including phenoxy) is 1. The van der Waals surface area contributed by atoms with Gasteiger partial charge in [0.2, 0.25) is 15.2 Å². The van der Waals surface area contributed by atoms with Gasteiger partial charge in [0.05, 0.1) is 34.5 Å². The quantitative estimate of drug-likeness (QED) is 0.268. The minimum atomic E-state index is -3.73. The molecule has 0 spiro atoms. The molecular weight excluding hydrogens is 522 g/mol. The van der Waals surface area contributed by atoms with Crippen LogP contribution in [0.25, 0.3) is 10.2 Å². The molecule has 0 aliphatic carbocycles. The van der Waals surface area contributed by atoms with Gasteiger partial charge in [0, 0.05) is 18.7 Å². The predicted octanol–water partition coefficient (Wildman–Crippen LogP) is 4.28. The Bertz CT molecular complexity index is 1570. The summed E-state index contributed by atoms with van der Waals surface area (Å²) in [5, 5.41) is 5.52. The summed E-state index contributed by atoms with van der Waals surface area (Å²) in [6, 6.07) is 15.2. The number of morpholine rings is 1. The van der Waals surface area contributed by atoms with Crippen LogP contribution in [0.3, 0.4) is 0 Å². The van der Waals surface area contributed by atoms with Gasteiger partial charge >= 0.3 is 0 Å². The van der Waals surface area contributed by atoms with E-state index in [1.165, 1.54) is 77.2 Å². The first kappa shape index (κ1) is 25.1. The Morgan fingerprint density at radius 1 is 1.00 bits per heavy atom. The SMILES string of the molecule is O=C(c1ccc(S(=O)(=O)N2CCOCC2)cc1)N(/N=C/c1ccc(F)cc1)c1nc2ccc(F)cc2s1. The van der Waals surface area contributed by atoms with Gasteiger partial charge in [-0.2, -0.15) is 14.4 Å². The van der Waals surface area contributed by atoms with E-state index >= 15 is 0 Å². The highest BCUT2D eigenvalue weighted by atomic mass is 32.2. The molecule has 37 heavy (non-hydrogen) atoms. The monoisotopic (exact) mass is 542 g/mol. The number of aromatic nitrogens is 1. The van der Waals surface area contributed by atoms with Crippen molar-refractivity contribution < 1.29 is 26.7 Å². The first-order chi connectivity index (χ1) is 17.8. The van der Waals surface area contributed by atoms with Crippen LogP contribution in [0.1, 0.15) is 15.9 Å². The van der Waals surface area contributed by atoms with E-state index in [9.17, 15) is 22.0 Å². The van der Waals surface area contributed by atoms with Crippen LogP contribution in [0, 0.1) is 11.6 Å². The molecule has 0 bridgehead atoms. The molecular formula is C25H20F2N4O4S2. The molecule has 1 amide bonds. The molecule has 2 heterocycles. The lowest BCUT2D eigenvalue weighted by molar-refractivity contribution is 0.0730. The van der Waals surface area contributed by atoms with Crippen LogP contribution >= 0.6 is 11.3 Å². The number of sulfonamides is 1. The zero-order chi connectivity index (χ0) is 26.0. The second-order valence-corrected chi connectivity index (χ2v) is 11.0.